The summed E-state index contributed by atoms with van der Waals surface area (Å²) in [5.41, 5.74) is 0.697. The zero-order valence-electron chi connectivity index (χ0n) is 11.4. The quantitative estimate of drug-likeness (QED) is 0.751. The second-order valence-electron chi connectivity index (χ2n) is 4.77. The van der Waals surface area contributed by atoms with Crippen molar-refractivity contribution in [3.63, 3.8) is 0 Å². The van der Waals surface area contributed by atoms with Crippen LogP contribution in [-0.4, -0.2) is 16.5 Å². The maximum Gasteiger partial charge on any atom is 0.258 e. The minimum atomic E-state index is -0.0617. The molecular weight excluding hydrogens is 238 g/mol. The number of H-pyrrole nitrogens is 1. The van der Waals surface area contributed by atoms with Crippen molar-refractivity contribution in [1.29, 1.82) is 0 Å². The van der Waals surface area contributed by atoms with Gasteiger partial charge in [0.15, 0.2) is 0 Å². The molecule has 0 spiro atoms. The van der Waals surface area contributed by atoms with Crippen LogP contribution < -0.4 is 10.9 Å². The molecule has 0 amide bonds. The average Bonchev–Trinajstić information content (AvgIpc) is 2.43. The normalized spacial score (nSPS) is 11.0. The molecule has 0 aliphatic rings. The Morgan fingerprint density at radius 3 is 2.89 bits per heavy atom. The van der Waals surface area contributed by atoms with Crippen LogP contribution in [0.2, 0.25) is 0 Å². The van der Waals surface area contributed by atoms with Gasteiger partial charge in [-0.05, 0) is 25.1 Å². The van der Waals surface area contributed by atoms with Crippen LogP contribution in [0.5, 0.6) is 0 Å². The second kappa shape index (κ2) is 7.04. The summed E-state index contributed by atoms with van der Waals surface area (Å²) in [5, 5.41) is 3.97. The van der Waals surface area contributed by atoms with Gasteiger partial charge in [-0.3, -0.25) is 4.79 Å². The lowest BCUT2D eigenvalue weighted by Gasteiger charge is -2.05. The first-order valence-electron chi connectivity index (χ1n) is 7.00. The van der Waals surface area contributed by atoms with Gasteiger partial charge < -0.3 is 10.3 Å². The van der Waals surface area contributed by atoms with Crippen LogP contribution in [0.15, 0.2) is 29.1 Å². The summed E-state index contributed by atoms with van der Waals surface area (Å²) in [7, 11) is 0. The van der Waals surface area contributed by atoms with Crippen LogP contribution in [-0.2, 0) is 6.54 Å². The molecule has 0 aliphatic heterocycles. The summed E-state index contributed by atoms with van der Waals surface area (Å²) in [4.78, 5) is 19.1. The van der Waals surface area contributed by atoms with E-state index in [1.54, 1.807) is 6.07 Å². The van der Waals surface area contributed by atoms with Crippen molar-refractivity contribution >= 4 is 10.9 Å². The van der Waals surface area contributed by atoms with Gasteiger partial charge in [0.05, 0.1) is 17.4 Å². The van der Waals surface area contributed by atoms with Gasteiger partial charge in [0.25, 0.3) is 5.56 Å². The molecule has 2 rings (SSSR count). The maximum absolute atomic E-state index is 11.9. The molecule has 4 nitrogen and oxygen atoms in total. The number of nitrogens with one attached hydrogen (secondary N) is 2. The first-order valence-corrected chi connectivity index (χ1v) is 7.00. The fourth-order valence-electron chi connectivity index (χ4n) is 2.10. The van der Waals surface area contributed by atoms with Crippen molar-refractivity contribution < 1.29 is 0 Å². The average molecular weight is 259 g/mol. The van der Waals surface area contributed by atoms with E-state index in [4.69, 9.17) is 0 Å². The molecule has 4 heteroatoms. The standard InChI is InChI=1S/C15H21N3O/c1-2-3-4-7-10-16-11-14-17-13-9-6-5-8-12(13)15(19)18-14/h5-6,8-9,16H,2-4,7,10-11H2,1H3,(H,17,18,19). The molecule has 2 N–H and O–H groups in total. The summed E-state index contributed by atoms with van der Waals surface area (Å²) in [6.45, 7) is 3.79. The van der Waals surface area contributed by atoms with E-state index in [1.807, 2.05) is 18.2 Å². The lowest BCUT2D eigenvalue weighted by Crippen LogP contribution is -2.20. The number of hydrogen-bond acceptors (Lipinski definition) is 3. The van der Waals surface area contributed by atoms with Crippen LogP contribution in [0.1, 0.15) is 38.4 Å². The van der Waals surface area contributed by atoms with E-state index >= 15 is 0 Å². The fraction of sp³-hybridized carbons (Fsp3) is 0.467. The molecule has 2 aromatic rings. The summed E-state index contributed by atoms with van der Waals surface area (Å²) >= 11 is 0. The van der Waals surface area contributed by atoms with Gasteiger partial charge >= 0.3 is 0 Å². The predicted molar refractivity (Wildman–Crippen MR) is 78.2 cm³/mol. The fourth-order valence-corrected chi connectivity index (χ4v) is 2.10. The molecule has 1 aromatic heterocycles. The first kappa shape index (κ1) is 13.7. The number of unbranched alkanes of at least 4 members (excludes halogenated alkanes) is 3. The van der Waals surface area contributed by atoms with Gasteiger partial charge in [0.1, 0.15) is 5.82 Å². The van der Waals surface area contributed by atoms with Gasteiger partial charge in [-0.15, -0.1) is 0 Å². The number of nitrogens with zero attached hydrogens (tertiary/aromatic N) is 1. The molecule has 0 saturated heterocycles. The Hall–Kier alpha value is -1.68. The minimum Gasteiger partial charge on any atom is -0.310 e. The Bertz CT molecular complexity index is 577. The third-order valence-corrected chi connectivity index (χ3v) is 3.16. The number of hydrogen-bond donors (Lipinski definition) is 2. The van der Waals surface area contributed by atoms with E-state index in [-0.39, 0.29) is 5.56 Å². The van der Waals surface area contributed by atoms with E-state index in [0.29, 0.717) is 17.8 Å². The molecular formula is C15H21N3O. The third kappa shape index (κ3) is 3.89. The smallest absolute Gasteiger partial charge is 0.258 e. The molecule has 102 valence electrons. The highest BCUT2D eigenvalue weighted by Crippen LogP contribution is 2.05. The largest absolute Gasteiger partial charge is 0.310 e. The number of fused-ring (bicyclic) bond motifs is 1. The zero-order chi connectivity index (χ0) is 13.5. The number of aromatic nitrogens is 2. The van der Waals surface area contributed by atoms with Crippen LogP contribution >= 0.6 is 0 Å². The number of benzene rings is 1. The summed E-state index contributed by atoms with van der Waals surface area (Å²) in [6.07, 6.45) is 4.96. The lowest BCUT2D eigenvalue weighted by atomic mass is 10.2. The molecule has 1 aromatic carbocycles. The highest BCUT2D eigenvalue weighted by atomic mass is 16.1. The molecule has 0 aliphatic carbocycles. The van der Waals surface area contributed by atoms with E-state index in [1.165, 1.54) is 25.7 Å². The Kier molecular flexibility index (Phi) is 5.10. The molecule has 0 saturated carbocycles. The van der Waals surface area contributed by atoms with E-state index in [0.717, 1.165) is 12.1 Å². The topological polar surface area (TPSA) is 57.8 Å². The molecule has 1 heterocycles. The van der Waals surface area contributed by atoms with E-state index in [2.05, 4.69) is 22.2 Å². The van der Waals surface area contributed by atoms with Crippen molar-refractivity contribution in [2.45, 2.75) is 39.2 Å². The molecule has 0 fully saturated rings. The van der Waals surface area contributed by atoms with Gasteiger partial charge in [0.2, 0.25) is 0 Å². The Balaban J connectivity index is 1.92. The SMILES string of the molecule is CCCCCCNCc1nc2ccccc2c(=O)[nH]1. The predicted octanol–water partition coefficient (Wildman–Crippen LogP) is 2.59. The minimum absolute atomic E-state index is 0.0617. The number of rotatable bonds is 7. The maximum atomic E-state index is 11.9. The van der Waals surface area contributed by atoms with Gasteiger partial charge in [-0.2, -0.15) is 0 Å². The number of aromatic amines is 1. The van der Waals surface area contributed by atoms with Crippen molar-refractivity contribution in [3.8, 4) is 0 Å². The van der Waals surface area contributed by atoms with Crippen LogP contribution in [0.25, 0.3) is 10.9 Å². The Morgan fingerprint density at radius 1 is 1.21 bits per heavy atom. The van der Waals surface area contributed by atoms with Crippen molar-refractivity contribution in [3.05, 3.63) is 40.4 Å². The van der Waals surface area contributed by atoms with Gasteiger partial charge in [-0.1, -0.05) is 38.3 Å². The molecule has 19 heavy (non-hydrogen) atoms. The monoisotopic (exact) mass is 259 g/mol. The van der Waals surface area contributed by atoms with Crippen LogP contribution in [0, 0.1) is 0 Å². The van der Waals surface area contributed by atoms with Gasteiger partial charge in [0, 0.05) is 0 Å². The van der Waals surface area contributed by atoms with Gasteiger partial charge in [-0.25, -0.2) is 4.98 Å². The van der Waals surface area contributed by atoms with E-state index in [9.17, 15) is 4.79 Å². The third-order valence-electron chi connectivity index (χ3n) is 3.16. The molecule has 0 unspecified atom stereocenters. The number of para-hydroxylation sites is 1. The van der Waals surface area contributed by atoms with Crippen LogP contribution in [0.3, 0.4) is 0 Å². The Morgan fingerprint density at radius 2 is 2.05 bits per heavy atom. The van der Waals surface area contributed by atoms with Crippen molar-refractivity contribution in [2.75, 3.05) is 6.54 Å². The highest BCUT2D eigenvalue weighted by Gasteiger charge is 2.02. The van der Waals surface area contributed by atoms with Crippen molar-refractivity contribution in [1.82, 2.24) is 15.3 Å². The molecule has 0 bridgehead atoms. The summed E-state index contributed by atoms with van der Waals surface area (Å²) in [5.74, 6) is 0.708. The summed E-state index contributed by atoms with van der Waals surface area (Å²) < 4.78 is 0. The first-order chi connectivity index (χ1) is 9.31. The second-order valence-corrected chi connectivity index (χ2v) is 4.77. The van der Waals surface area contributed by atoms with Crippen molar-refractivity contribution in [2.24, 2.45) is 0 Å². The zero-order valence-corrected chi connectivity index (χ0v) is 11.4. The lowest BCUT2D eigenvalue weighted by molar-refractivity contribution is 0.588. The van der Waals surface area contributed by atoms with E-state index < -0.39 is 0 Å². The Labute approximate surface area is 113 Å². The molecule has 0 radical (unpaired) electrons. The highest BCUT2D eigenvalue weighted by molar-refractivity contribution is 5.77. The van der Waals surface area contributed by atoms with Crippen LogP contribution in [0.4, 0.5) is 0 Å². The molecule has 0 atom stereocenters. The summed E-state index contributed by atoms with van der Waals surface area (Å²) in [6, 6.07) is 7.42.